The average Bonchev–Trinajstić information content (AvgIpc) is 2.85. The highest BCUT2D eigenvalue weighted by Crippen LogP contribution is 2.26. The van der Waals surface area contributed by atoms with E-state index in [9.17, 15) is 18.8 Å². The van der Waals surface area contributed by atoms with Crippen LogP contribution in [0, 0.1) is 14.8 Å². The van der Waals surface area contributed by atoms with Gasteiger partial charge in [0.05, 0.1) is 17.9 Å². The molecule has 0 spiro atoms. The Morgan fingerprint density at radius 2 is 1.56 bits per heavy atom. The lowest BCUT2D eigenvalue weighted by Gasteiger charge is -2.26. The van der Waals surface area contributed by atoms with Crippen molar-refractivity contribution in [2.45, 2.75) is 85.5 Å². The van der Waals surface area contributed by atoms with Gasteiger partial charge in [0.25, 0.3) is 0 Å². The highest BCUT2D eigenvalue weighted by molar-refractivity contribution is 14.1. The van der Waals surface area contributed by atoms with Gasteiger partial charge < -0.3 is 30.2 Å². The normalized spacial score (nSPS) is 12.7. The van der Waals surface area contributed by atoms with Crippen molar-refractivity contribution in [2.24, 2.45) is 5.41 Å². The summed E-state index contributed by atoms with van der Waals surface area (Å²) in [7, 11) is 0. The predicted octanol–water partition coefficient (Wildman–Crippen LogP) is 6.75. The maximum Gasteiger partial charge on any atom is 0.408 e. The molecular formula is C32H45FIN3O6. The summed E-state index contributed by atoms with van der Waals surface area (Å²) in [4.78, 5) is 38.5. The summed E-state index contributed by atoms with van der Waals surface area (Å²) in [6.45, 7) is 16.0. The minimum atomic E-state index is -1.02. The molecule has 0 aliphatic carbocycles. The highest BCUT2D eigenvalue weighted by atomic mass is 127. The summed E-state index contributed by atoms with van der Waals surface area (Å²) in [5.74, 6) is -0.654. The van der Waals surface area contributed by atoms with E-state index in [2.05, 4.69) is 16.0 Å². The Bertz CT molecular complexity index is 1240. The number of benzene rings is 2. The molecule has 0 saturated heterocycles. The fourth-order valence-electron chi connectivity index (χ4n) is 3.92. The third-order valence-corrected chi connectivity index (χ3v) is 6.64. The zero-order valence-corrected chi connectivity index (χ0v) is 28.5. The maximum absolute atomic E-state index is 14.1. The molecule has 0 heterocycles. The van der Waals surface area contributed by atoms with Crippen molar-refractivity contribution in [3.05, 3.63) is 57.4 Å². The quantitative estimate of drug-likeness (QED) is 0.156. The molecule has 0 aromatic heterocycles. The molecule has 2 rings (SSSR count). The number of alkyl carbamates (subject to hydrolysis) is 1. The molecule has 11 heteroatoms. The van der Waals surface area contributed by atoms with E-state index in [0.717, 1.165) is 3.57 Å². The number of anilines is 1. The molecule has 0 radical (unpaired) electrons. The van der Waals surface area contributed by atoms with Gasteiger partial charge in [-0.25, -0.2) is 9.18 Å². The van der Waals surface area contributed by atoms with Crippen LogP contribution in [0.25, 0.3) is 0 Å². The lowest BCUT2D eigenvalue weighted by molar-refractivity contribution is -0.123. The number of hydrogen-bond donors (Lipinski definition) is 3. The van der Waals surface area contributed by atoms with E-state index in [0.29, 0.717) is 30.9 Å². The maximum atomic E-state index is 14.1. The molecule has 3 N–H and O–H groups in total. The van der Waals surface area contributed by atoms with E-state index in [1.807, 2.05) is 57.2 Å². The Morgan fingerprint density at radius 1 is 0.907 bits per heavy atom. The van der Waals surface area contributed by atoms with Gasteiger partial charge in [-0.2, -0.15) is 0 Å². The molecule has 1 atom stereocenters. The monoisotopic (exact) mass is 713 g/mol. The molecule has 0 aliphatic heterocycles. The molecule has 0 aliphatic rings. The van der Waals surface area contributed by atoms with Crippen molar-refractivity contribution in [1.82, 2.24) is 10.6 Å². The standard InChI is InChI=1S/C32H45FIN3O6/c1-30(2,3)42-18-17-41-23-12-9-21(10-13-23)27(37-29(40)43-31(4,5)6)28(39)35-16-15-32(7,8)20-26(38)36-25-14-11-22(34)19-24(25)33/h9-14,19,27H,15-18,20H2,1-8H3,(H,35,39)(H,36,38)(H,37,40)/t27-/m1/s1. The zero-order chi connectivity index (χ0) is 32.4. The van der Waals surface area contributed by atoms with Crippen LogP contribution in [0.5, 0.6) is 5.75 Å². The molecule has 0 fully saturated rings. The number of ether oxygens (including phenoxy) is 3. The van der Waals surface area contributed by atoms with Crippen molar-refractivity contribution in [1.29, 1.82) is 0 Å². The molecule has 0 unspecified atom stereocenters. The first-order chi connectivity index (χ1) is 19.8. The Labute approximate surface area is 268 Å². The van der Waals surface area contributed by atoms with Crippen molar-refractivity contribution in [3.63, 3.8) is 0 Å². The number of carbonyl (C=O) groups is 3. The molecule has 238 valence electrons. The van der Waals surface area contributed by atoms with Gasteiger partial charge in [0.2, 0.25) is 11.8 Å². The molecule has 9 nitrogen and oxygen atoms in total. The van der Waals surface area contributed by atoms with E-state index < -0.39 is 34.9 Å². The highest BCUT2D eigenvalue weighted by Gasteiger charge is 2.27. The van der Waals surface area contributed by atoms with Crippen molar-refractivity contribution < 1.29 is 33.0 Å². The van der Waals surface area contributed by atoms with Gasteiger partial charge in [0.15, 0.2) is 0 Å². The number of hydrogen-bond acceptors (Lipinski definition) is 6. The first kappa shape index (κ1) is 36.3. The number of amides is 3. The van der Waals surface area contributed by atoms with Crippen LogP contribution in [0.4, 0.5) is 14.9 Å². The van der Waals surface area contributed by atoms with Gasteiger partial charge >= 0.3 is 6.09 Å². The Kier molecular flexibility index (Phi) is 13.2. The SMILES string of the molecule is CC(C)(CCNC(=O)[C@H](NC(=O)OC(C)(C)C)c1ccc(OCCOC(C)(C)C)cc1)CC(=O)Nc1ccc(I)cc1F. The second-order valence-electron chi connectivity index (χ2n) is 13.0. The first-order valence-electron chi connectivity index (χ1n) is 14.2. The minimum absolute atomic E-state index is 0.121. The smallest absolute Gasteiger partial charge is 0.408 e. The number of halogens is 2. The van der Waals surface area contributed by atoms with Crippen LogP contribution in [0.15, 0.2) is 42.5 Å². The number of rotatable bonds is 13. The number of carbonyl (C=O) groups excluding carboxylic acids is 3. The fraction of sp³-hybridized carbons (Fsp3) is 0.531. The van der Waals surface area contributed by atoms with Gasteiger partial charge in [-0.05, 0) is 112 Å². The lowest BCUT2D eigenvalue weighted by Crippen LogP contribution is -2.43. The third kappa shape index (κ3) is 14.4. The first-order valence-corrected chi connectivity index (χ1v) is 15.3. The summed E-state index contributed by atoms with van der Waals surface area (Å²) in [5.41, 5.74) is -0.839. The van der Waals surface area contributed by atoms with E-state index in [4.69, 9.17) is 14.2 Å². The molecule has 3 amide bonds. The average molecular weight is 714 g/mol. The van der Waals surface area contributed by atoms with Gasteiger partial charge in [-0.15, -0.1) is 0 Å². The van der Waals surface area contributed by atoms with Gasteiger partial charge in [-0.3, -0.25) is 9.59 Å². The van der Waals surface area contributed by atoms with E-state index in [1.165, 1.54) is 12.1 Å². The second-order valence-corrected chi connectivity index (χ2v) is 14.3. The van der Waals surface area contributed by atoms with Crippen molar-refractivity contribution in [2.75, 3.05) is 25.1 Å². The molecule has 2 aromatic rings. The topological polar surface area (TPSA) is 115 Å². The molecule has 2 aromatic carbocycles. The Morgan fingerprint density at radius 3 is 2.14 bits per heavy atom. The van der Waals surface area contributed by atoms with E-state index in [-0.39, 0.29) is 30.2 Å². The summed E-state index contributed by atoms with van der Waals surface area (Å²) in [5, 5.41) is 8.14. The Hall–Kier alpha value is -2.93. The predicted molar refractivity (Wildman–Crippen MR) is 174 cm³/mol. The van der Waals surface area contributed by atoms with Crippen LogP contribution >= 0.6 is 22.6 Å². The van der Waals surface area contributed by atoms with Crippen LogP contribution in [-0.2, 0) is 19.1 Å². The summed E-state index contributed by atoms with van der Waals surface area (Å²) in [6, 6.07) is 10.4. The van der Waals surface area contributed by atoms with E-state index >= 15 is 0 Å². The second kappa shape index (κ2) is 15.7. The summed E-state index contributed by atoms with van der Waals surface area (Å²) >= 11 is 2.00. The largest absolute Gasteiger partial charge is 0.491 e. The third-order valence-electron chi connectivity index (χ3n) is 5.97. The molecule has 0 bridgehead atoms. The fourth-order valence-corrected chi connectivity index (χ4v) is 4.38. The molecular weight excluding hydrogens is 668 g/mol. The summed E-state index contributed by atoms with van der Waals surface area (Å²) < 4.78 is 31.7. The summed E-state index contributed by atoms with van der Waals surface area (Å²) in [6.07, 6.45) is -0.146. The van der Waals surface area contributed by atoms with Crippen LogP contribution < -0.4 is 20.7 Å². The zero-order valence-electron chi connectivity index (χ0n) is 26.4. The minimum Gasteiger partial charge on any atom is -0.491 e. The lowest BCUT2D eigenvalue weighted by atomic mass is 9.85. The van der Waals surface area contributed by atoms with Crippen LogP contribution in [0.3, 0.4) is 0 Å². The van der Waals surface area contributed by atoms with Crippen molar-refractivity contribution in [3.8, 4) is 5.75 Å². The van der Waals surface area contributed by atoms with Crippen LogP contribution in [-0.4, -0.2) is 48.9 Å². The van der Waals surface area contributed by atoms with Crippen LogP contribution in [0.2, 0.25) is 0 Å². The van der Waals surface area contributed by atoms with Gasteiger partial charge in [-0.1, -0.05) is 26.0 Å². The molecule has 0 saturated carbocycles. The number of nitrogens with one attached hydrogen (secondary N) is 3. The molecule has 43 heavy (non-hydrogen) atoms. The van der Waals surface area contributed by atoms with E-state index in [1.54, 1.807) is 51.1 Å². The van der Waals surface area contributed by atoms with Crippen molar-refractivity contribution >= 4 is 46.2 Å². The Balaban J connectivity index is 2.01. The van der Waals surface area contributed by atoms with Gasteiger partial charge in [0.1, 0.15) is 29.8 Å². The van der Waals surface area contributed by atoms with Gasteiger partial charge in [0, 0.05) is 16.5 Å². The van der Waals surface area contributed by atoms with Crippen LogP contribution in [0.1, 0.15) is 79.8 Å².